The molecule has 82 valence electrons. The van der Waals surface area contributed by atoms with Crippen LogP contribution in [0.4, 0.5) is 0 Å². The van der Waals surface area contributed by atoms with Gasteiger partial charge in [0, 0.05) is 11.6 Å². The molecule has 14 heavy (non-hydrogen) atoms. The molecule has 0 bridgehead atoms. The van der Waals surface area contributed by atoms with Crippen molar-refractivity contribution in [2.75, 3.05) is 7.05 Å². The largest absolute Gasteiger partial charge is 0.481 e. The molecule has 1 saturated carbocycles. The Morgan fingerprint density at radius 3 is 2.36 bits per heavy atom. The normalized spacial score (nSPS) is 28.4. The summed E-state index contributed by atoms with van der Waals surface area (Å²) in [6.07, 6.45) is 2.90. The molecule has 0 aliphatic heterocycles. The summed E-state index contributed by atoms with van der Waals surface area (Å²) in [6.45, 7) is 6.39. The lowest BCUT2D eigenvalue weighted by molar-refractivity contribution is -0.143. The van der Waals surface area contributed by atoms with Crippen LogP contribution in [-0.2, 0) is 4.79 Å². The standard InChI is InChI=1S/C11H21NO2/c1-11(2,3)12(4)9-7-5-6-8(9)10(13)14/h8-9H,5-7H2,1-4H3,(H,13,14). The predicted molar refractivity (Wildman–Crippen MR) is 56.3 cm³/mol. The van der Waals surface area contributed by atoms with Crippen LogP contribution < -0.4 is 0 Å². The molecule has 0 aromatic rings. The van der Waals surface area contributed by atoms with Crippen molar-refractivity contribution in [2.24, 2.45) is 5.92 Å². The molecule has 1 aliphatic carbocycles. The summed E-state index contributed by atoms with van der Waals surface area (Å²) in [5.74, 6) is -0.803. The molecule has 2 unspecified atom stereocenters. The molecule has 3 nitrogen and oxygen atoms in total. The molecule has 3 heteroatoms. The van der Waals surface area contributed by atoms with Crippen LogP contribution in [0.5, 0.6) is 0 Å². The maximum atomic E-state index is 11.0. The van der Waals surface area contributed by atoms with Crippen molar-refractivity contribution in [3.8, 4) is 0 Å². The molecule has 2 atom stereocenters. The van der Waals surface area contributed by atoms with E-state index in [0.717, 1.165) is 19.3 Å². The minimum absolute atomic E-state index is 0.0582. The van der Waals surface area contributed by atoms with Gasteiger partial charge in [-0.1, -0.05) is 6.42 Å². The van der Waals surface area contributed by atoms with E-state index >= 15 is 0 Å². The van der Waals surface area contributed by atoms with E-state index in [-0.39, 0.29) is 17.5 Å². The minimum Gasteiger partial charge on any atom is -0.481 e. The molecule has 0 amide bonds. The first-order valence-electron chi connectivity index (χ1n) is 5.30. The number of carbonyl (C=O) groups is 1. The molecule has 1 N–H and O–H groups in total. The smallest absolute Gasteiger partial charge is 0.308 e. The number of carboxylic acids is 1. The Morgan fingerprint density at radius 1 is 1.36 bits per heavy atom. The van der Waals surface area contributed by atoms with Crippen molar-refractivity contribution in [3.63, 3.8) is 0 Å². The van der Waals surface area contributed by atoms with Crippen molar-refractivity contribution >= 4 is 5.97 Å². The summed E-state index contributed by atoms with van der Waals surface area (Å²) in [5.41, 5.74) is 0.0582. The van der Waals surface area contributed by atoms with Crippen LogP contribution >= 0.6 is 0 Å². The van der Waals surface area contributed by atoms with Crippen LogP contribution in [-0.4, -0.2) is 34.6 Å². The average Bonchev–Trinajstić information content (AvgIpc) is 2.48. The summed E-state index contributed by atoms with van der Waals surface area (Å²) < 4.78 is 0. The van der Waals surface area contributed by atoms with E-state index in [1.165, 1.54) is 0 Å². The lowest BCUT2D eigenvalue weighted by Crippen LogP contribution is -2.48. The Labute approximate surface area is 86.1 Å². The molecule has 0 aromatic carbocycles. The first kappa shape index (κ1) is 11.5. The number of rotatable bonds is 2. The molecule has 0 radical (unpaired) electrons. The fourth-order valence-electron chi connectivity index (χ4n) is 2.19. The van der Waals surface area contributed by atoms with E-state index in [1.807, 2.05) is 7.05 Å². The molecule has 0 aromatic heterocycles. The highest BCUT2D eigenvalue weighted by atomic mass is 16.4. The second-order valence-electron chi connectivity index (χ2n) is 5.22. The summed E-state index contributed by atoms with van der Waals surface area (Å²) in [7, 11) is 2.03. The van der Waals surface area contributed by atoms with Crippen molar-refractivity contribution in [2.45, 2.75) is 51.6 Å². The van der Waals surface area contributed by atoms with Crippen molar-refractivity contribution in [1.82, 2.24) is 4.90 Å². The maximum absolute atomic E-state index is 11.0. The summed E-state index contributed by atoms with van der Waals surface area (Å²) in [6, 6.07) is 0.215. The molecule has 0 heterocycles. The zero-order valence-electron chi connectivity index (χ0n) is 9.58. The van der Waals surface area contributed by atoms with Gasteiger partial charge in [0.25, 0.3) is 0 Å². The Kier molecular flexibility index (Phi) is 3.20. The first-order valence-corrected chi connectivity index (χ1v) is 5.30. The second kappa shape index (κ2) is 3.89. The van der Waals surface area contributed by atoms with Gasteiger partial charge in [0.2, 0.25) is 0 Å². The summed E-state index contributed by atoms with van der Waals surface area (Å²) in [5, 5.41) is 9.07. The number of aliphatic carboxylic acids is 1. The average molecular weight is 199 g/mol. The molecule has 0 saturated heterocycles. The van der Waals surface area contributed by atoms with E-state index in [9.17, 15) is 4.79 Å². The number of nitrogens with zero attached hydrogens (tertiary/aromatic N) is 1. The zero-order valence-corrected chi connectivity index (χ0v) is 9.58. The van der Waals surface area contributed by atoms with Gasteiger partial charge in [-0.3, -0.25) is 9.69 Å². The first-order chi connectivity index (χ1) is 6.34. The Morgan fingerprint density at radius 2 is 1.93 bits per heavy atom. The van der Waals surface area contributed by atoms with Gasteiger partial charge in [-0.05, 0) is 40.7 Å². The van der Waals surface area contributed by atoms with E-state index in [1.54, 1.807) is 0 Å². The third kappa shape index (κ3) is 2.27. The molecule has 0 spiro atoms. The van der Waals surface area contributed by atoms with Crippen LogP contribution in [0.15, 0.2) is 0 Å². The molecule has 1 fully saturated rings. The van der Waals surface area contributed by atoms with E-state index in [0.29, 0.717) is 0 Å². The predicted octanol–water partition coefficient (Wildman–Crippen LogP) is 1.97. The lowest BCUT2D eigenvalue weighted by Gasteiger charge is -2.38. The van der Waals surface area contributed by atoms with Crippen LogP contribution in [0.3, 0.4) is 0 Å². The third-order valence-corrected chi connectivity index (χ3v) is 3.35. The number of hydrogen-bond donors (Lipinski definition) is 1. The topological polar surface area (TPSA) is 40.5 Å². The lowest BCUT2D eigenvalue weighted by atomic mass is 9.97. The zero-order chi connectivity index (χ0) is 10.9. The van der Waals surface area contributed by atoms with Gasteiger partial charge in [0.05, 0.1) is 5.92 Å². The SMILES string of the molecule is CN(C1CCCC1C(=O)O)C(C)(C)C. The summed E-state index contributed by atoms with van der Waals surface area (Å²) in [4.78, 5) is 13.2. The van der Waals surface area contributed by atoms with Gasteiger partial charge < -0.3 is 5.11 Å². The Hall–Kier alpha value is -0.570. The maximum Gasteiger partial charge on any atom is 0.308 e. The van der Waals surface area contributed by atoms with Crippen molar-refractivity contribution in [1.29, 1.82) is 0 Å². The molecular weight excluding hydrogens is 178 g/mol. The third-order valence-electron chi connectivity index (χ3n) is 3.35. The van der Waals surface area contributed by atoms with Gasteiger partial charge in [-0.2, -0.15) is 0 Å². The van der Waals surface area contributed by atoms with Crippen LogP contribution in [0.1, 0.15) is 40.0 Å². The monoisotopic (exact) mass is 199 g/mol. The second-order valence-corrected chi connectivity index (χ2v) is 5.22. The number of carboxylic acid groups (broad SMARTS) is 1. The summed E-state index contributed by atoms with van der Waals surface area (Å²) >= 11 is 0. The van der Waals surface area contributed by atoms with E-state index in [4.69, 9.17) is 5.11 Å². The van der Waals surface area contributed by atoms with Gasteiger partial charge in [-0.25, -0.2) is 0 Å². The molecule has 1 rings (SSSR count). The quantitative estimate of drug-likeness (QED) is 0.739. The van der Waals surface area contributed by atoms with Gasteiger partial charge in [0.1, 0.15) is 0 Å². The minimum atomic E-state index is -0.636. The van der Waals surface area contributed by atoms with E-state index < -0.39 is 5.97 Å². The van der Waals surface area contributed by atoms with Gasteiger partial charge >= 0.3 is 5.97 Å². The highest BCUT2D eigenvalue weighted by Gasteiger charge is 2.38. The Bertz CT molecular complexity index is 220. The molecule has 1 aliphatic rings. The van der Waals surface area contributed by atoms with Crippen LogP contribution in [0.2, 0.25) is 0 Å². The number of hydrogen-bond acceptors (Lipinski definition) is 2. The molecular formula is C11H21NO2. The van der Waals surface area contributed by atoms with Crippen LogP contribution in [0.25, 0.3) is 0 Å². The fraction of sp³-hybridized carbons (Fsp3) is 0.909. The van der Waals surface area contributed by atoms with Crippen molar-refractivity contribution in [3.05, 3.63) is 0 Å². The Balaban J connectivity index is 2.72. The van der Waals surface area contributed by atoms with Crippen LogP contribution in [0, 0.1) is 5.92 Å². The highest BCUT2D eigenvalue weighted by Crippen LogP contribution is 2.32. The van der Waals surface area contributed by atoms with E-state index in [2.05, 4.69) is 25.7 Å². The van der Waals surface area contributed by atoms with Gasteiger partial charge in [0.15, 0.2) is 0 Å². The fourth-order valence-corrected chi connectivity index (χ4v) is 2.19. The van der Waals surface area contributed by atoms with Crippen molar-refractivity contribution < 1.29 is 9.90 Å². The van der Waals surface area contributed by atoms with Gasteiger partial charge in [-0.15, -0.1) is 0 Å². The highest BCUT2D eigenvalue weighted by molar-refractivity contribution is 5.71.